The topological polar surface area (TPSA) is 38.5 Å². The van der Waals surface area contributed by atoms with Gasteiger partial charge in [0.1, 0.15) is 0 Å². The minimum absolute atomic E-state index is 0.130. The van der Waals surface area contributed by atoms with Crippen LogP contribution < -0.4 is 10.6 Å². The zero-order valence-electron chi connectivity index (χ0n) is 11.4. The van der Waals surface area contributed by atoms with Crippen LogP contribution in [0.1, 0.15) is 37.3 Å². The van der Waals surface area contributed by atoms with Crippen molar-refractivity contribution in [2.24, 2.45) is 5.73 Å². The van der Waals surface area contributed by atoms with Crippen LogP contribution in [0.4, 0.5) is 5.69 Å². The lowest BCUT2D eigenvalue weighted by molar-refractivity contribution is 0.101. The van der Waals surface area contributed by atoms with E-state index in [-0.39, 0.29) is 6.04 Å². The lowest BCUT2D eigenvalue weighted by Crippen LogP contribution is -2.15. The van der Waals surface area contributed by atoms with Crippen molar-refractivity contribution >= 4 is 5.69 Å². The standard InChI is InChI=1S/C15H24N2O/c1-17(2)13-7-5-12(6-8-13)15(16)10-9-14-4-3-11-18-14/h5-8,14-15H,3-4,9-11,16H2,1-2H3. The smallest absolute Gasteiger partial charge is 0.0576 e. The van der Waals surface area contributed by atoms with E-state index in [4.69, 9.17) is 10.5 Å². The summed E-state index contributed by atoms with van der Waals surface area (Å²) in [5, 5.41) is 0. The first-order chi connectivity index (χ1) is 8.66. The molecular formula is C15H24N2O. The molecule has 3 nitrogen and oxygen atoms in total. The van der Waals surface area contributed by atoms with E-state index in [9.17, 15) is 0 Å². The van der Waals surface area contributed by atoms with Crippen molar-refractivity contribution in [2.45, 2.75) is 37.8 Å². The van der Waals surface area contributed by atoms with Crippen molar-refractivity contribution in [1.29, 1.82) is 0 Å². The highest BCUT2D eigenvalue weighted by Gasteiger charge is 2.17. The molecule has 1 fully saturated rings. The predicted molar refractivity (Wildman–Crippen MR) is 75.9 cm³/mol. The largest absolute Gasteiger partial charge is 0.378 e. The van der Waals surface area contributed by atoms with Gasteiger partial charge < -0.3 is 15.4 Å². The number of rotatable bonds is 5. The molecular weight excluding hydrogens is 224 g/mol. The summed E-state index contributed by atoms with van der Waals surface area (Å²) in [7, 11) is 4.10. The summed E-state index contributed by atoms with van der Waals surface area (Å²) in [6.45, 7) is 0.928. The molecule has 0 amide bonds. The molecule has 2 unspecified atom stereocenters. The van der Waals surface area contributed by atoms with Gasteiger partial charge in [0.05, 0.1) is 6.10 Å². The third kappa shape index (κ3) is 3.47. The molecule has 1 saturated heterocycles. The van der Waals surface area contributed by atoms with E-state index in [0.29, 0.717) is 6.10 Å². The highest BCUT2D eigenvalue weighted by Crippen LogP contribution is 2.23. The van der Waals surface area contributed by atoms with E-state index in [1.165, 1.54) is 24.1 Å². The Morgan fingerprint density at radius 2 is 2.06 bits per heavy atom. The number of hydrogen-bond acceptors (Lipinski definition) is 3. The molecule has 3 heteroatoms. The van der Waals surface area contributed by atoms with Crippen molar-refractivity contribution in [3.05, 3.63) is 29.8 Å². The van der Waals surface area contributed by atoms with Crippen LogP contribution in [0, 0.1) is 0 Å². The van der Waals surface area contributed by atoms with Gasteiger partial charge in [0.2, 0.25) is 0 Å². The first-order valence-corrected chi connectivity index (χ1v) is 6.81. The van der Waals surface area contributed by atoms with Crippen molar-refractivity contribution in [3.63, 3.8) is 0 Å². The van der Waals surface area contributed by atoms with E-state index >= 15 is 0 Å². The molecule has 1 heterocycles. The SMILES string of the molecule is CN(C)c1ccc(C(N)CCC2CCCO2)cc1. The van der Waals surface area contributed by atoms with Gasteiger partial charge in [0, 0.05) is 32.4 Å². The fourth-order valence-corrected chi connectivity index (χ4v) is 2.42. The van der Waals surface area contributed by atoms with Gasteiger partial charge in [-0.15, -0.1) is 0 Å². The molecule has 1 aliphatic heterocycles. The second kappa shape index (κ2) is 6.21. The Labute approximate surface area is 110 Å². The number of nitrogens with two attached hydrogens (primary N) is 1. The zero-order valence-corrected chi connectivity index (χ0v) is 11.4. The highest BCUT2D eigenvalue weighted by molar-refractivity contribution is 5.46. The van der Waals surface area contributed by atoms with Crippen LogP contribution in [0.15, 0.2) is 24.3 Å². The minimum Gasteiger partial charge on any atom is -0.378 e. The lowest BCUT2D eigenvalue weighted by Gasteiger charge is -2.17. The van der Waals surface area contributed by atoms with Crippen LogP contribution in [0.5, 0.6) is 0 Å². The van der Waals surface area contributed by atoms with Gasteiger partial charge in [-0.1, -0.05) is 12.1 Å². The van der Waals surface area contributed by atoms with E-state index in [0.717, 1.165) is 19.4 Å². The van der Waals surface area contributed by atoms with Crippen LogP contribution in [0.3, 0.4) is 0 Å². The van der Waals surface area contributed by atoms with E-state index in [1.54, 1.807) is 0 Å². The second-order valence-corrected chi connectivity index (χ2v) is 5.30. The molecule has 1 aromatic carbocycles. The van der Waals surface area contributed by atoms with Crippen LogP contribution in [-0.2, 0) is 4.74 Å². The van der Waals surface area contributed by atoms with Crippen LogP contribution in [-0.4, -0.2) is 26.8 Å². The fraction of sp³-hybridized carbons (Fsp3) is 0.600. The summed E-state index contributed by atoms with van der Waals surface area (Å²) in [4.78, 5) is 2.10. The normalized spacial score (nSPS) is 20.9. The van der Waals surface area contributed by atoms with Gasteiger partial charge in [-0.25, -0.2) is 0 Å². The second-order valence-electron chi connectivity index (χ2n) is 5.30. The molecule has 0 saturated carbocycles. The Morgan fingerprint density at radius 1 is 1.33 bits per heavy atom. The van der Waals surface area contributed by atoms with Crippen LogP contribution in [0.2, 0.25) is 0 Å². The molecule has 18 heavy (non-hydrogen) atoms. The minimum atomic E-state index is 0.130. The maximum Gasteiger partial charge on any atom is 0.0576 e. The van der Waals surface area contributed by atoms with Gasteiger partial charge in [0.15, 0.2) is 0 Å². The van der Waals surface area contributed by atoms with Crippen molar-refractivity contribution in [3.8, 4) is 0 Å². The van der Waals surface area contributed by atoms with E-state index in [2.05, 4.69) is 29.2 Å². The Kier molecular flexibility index (Phi) is 4.61. The van der Waals surface area contributed by atoms with E-state index < -0.39 is 0 Å². The monoisotopic (exact) mass is 248 g/mol. The van der Waals surface area contributed by atoms with Gasteiger partial charge in [-0.3, -0.25) is 0 Å². The van der Waals surface area contributed by atoms with Gasteiger partial charge in [0.25, 0.3) is 0 Å². The third-order valence-corrected chi connectivity index (χ3v) is 3.66. The number of nitrogens with zero attached hydrogens (tertiary/aromatic N) is 1. The van der Waals surface area contributed by atoms with Gasteiger partial charge >= 0.3 is 0 Å². The Hall–Kier alpha value is -1.06. The Bertz CT molecular complexity index is 355. The molecule has 1 aromatic rings. The molecule has 2 atom stereocenters. The quantitative estimate of drug-likeness (QED) is 0.870. The average molecular weight is 248 g/mol. The lowest BCUT2D eigenvalue weighted by atomic mass is 10.00. The Balaban J connectivity index is 1.85. The first kappa shape index (κ1) is 13.4. The average Bonchev–Trinajstić information content (AvgIpc) is 2.89. The molecule has 100 valence electrons. The summed E-state index contributed by atoms with van der Waals surface area (Å²) in [6.07, 6.45) is 4.93. The highest BCUT2D eigenvalue weighted by atomic mass is 16.5. The van der Waals surface area contributed by atoms with Gasteiger partial charge in [-0.05, 0) is 43.4 Å². The van der Waals surface area contributed by atoms with Crippen molar-refractivity contribution in [2.75, 3.05) is 25.6 Å². The maximum atomic E-state index is 6.23. The summed E-state index contributed by atoms with van der Waals surface area (Å²) in [6, 6.07) is 8.65. The number of ether oxygens (including phenoxy) is 1. The Morgan fingerprint density at radius 3 is 2.61 bits per heavy atom. The van der Waals surface area contributed by atoms with Crippen molar-refractivity contribution in [1.82, 2.24) is 0 Å². The molecule has 2 rings (SSSR count). The fourth-order valence-electron chi connectivity index (χ4n) is 2.42. The number of anilines is 1. The maximum absolute atomic E-state index is 6.23. The van der Waals surface area contributed by atoms with E-state index in [1.807, 2.05) is 14.1 Å². The molecule has 0 radical (unpaired) electrons. The summed E-state index contributed by atoms with van der Waals surface area (Å²) < 4.78 is 5.63. The molecule has 1 aliphatic rings. The molecule has 2 N–H and O–H groups in total. The van der Waals surface area contributed by atoms with Gasteiger partial charge in [-0.2, -0.15) is 0 Å². The van der Waals surface area contributed by atoms with Crippen molar-refractivity contribution < 1.29 is 4.74 Å². The van der Waals surface area contributed by atoms with Crippen LogP contribution >= 0.6 is 0 Å². The zero-order chi connectivity index (χ0) is 13.0. The predicted octanol–water partition coefficient (Wildman–Crippen LogP) is 2.71. The number of hydrogen-bond donors (Lipinski definition) is 1. The molecule has 0 bridgehead atoms. The van der Waals surface area contributed by atoms with Crippen LogP contribution in [0.25, 0.3) is 0 Å². The first-order valence-electron chi connectivity index (χ1n) is 6.81. The third-order valence-electron chi connectivity index (χ3n) is 3.66. The molecule has 0 spiro atoms. The summed E-state index contributed by atoms with van der Waals surface area (Å²) in [5.74, 6) is 0. The summed E-state index contributed by atoms with van der Waals surface area (Å²) >= 11 is 0. The molecule has 0 aliphatic carbocycles. The molecule has 0 aromatic heterocycles. The summed E-state index contributed by atoms with van der Waals surface area (Å²) in [5.41, 5.74) is 8.66. The number of benzene rings is 1.